The molecule has 0 aromatic rings. The van der Waals surface area contributed by atoms with E-state index in [9.17, 15) is 0 Å². The molecule has 46 valence electrons. The summed E-state index contributed by atoms with van der Waals surface area (Å²) < 4.78 is 0. The summed E-state index contributed by atoms with van der Waals surface area (Å²) in [5, 5.41) is 0. The van der Waals surface area contributed by atoms with Crippen molar-refractivity contribution in [3.63, 3.8) is 0 Å². The van der Waals surface area contributed by atoms with E-state index < -0.39 is 0 Å². The van der Waals surface area contributed by atoms with E-state index in [4.69, 9.17) is 5.73 Å². The zero-order valence-electron chi connectivity index (χ0n) is 4.93. The van der Waals surface area contributed by atoms with E-state index in [1.807, 2.05) is 0 Å². The molecule has 0 aromatic carbocycles. The van der Waals surface area contributed by atoms with E-state index in [-0.39, 0.29) is 0 Å². The quantitative estimate of drug-likeness (QED) is 0.358. The molecule has 2 nitrogen and oxygen atoms in total. The number of rotatable bonds is 0. The Morgan fingerprint density at radius 1 is 1.38 bits per heavy atom. The maximum atomic E-state index is 5.69. The second-order valence-electron chi connectivity index (χ2n) is 3.06. The van der Waals surface area contributed by atoms with E-state index in [1.165, 1.54) is 18.0 Å². The highest BCUT2D eigenvalue weighted by Gasteiger charge is 2.54. The van der Waals surface area contributed by atoms with Crippen LogP contribution < -0.4 is 10.6 Å². The van der Waals surface area contributed by atoms with Crippen LogP contribution in [0.4, 0.5) is 0 Å². The SMILES string of the molecule is [CH2-][NH+]1CC2C(N)C2C1. The molecule has 1 saturated heterocycles. The van der Waals surface area contributed by atoms with Crippen molar-refractivity contribution in [2.45, 2.75) is 6.04 Å². The normalized spacial score (nSPS) is 60.8. The predicted octanol–water partition coefficient (Wildman–Crippen LogP) is -1.75. The van der Waals surface area contributed by atoms with Crippen molar-refractivity contribution in [2.24, 2.45) is 17.6 Å². The molecule has 2 unspecified atom stereocenters. The van der Waals surface area contributed by atoms with E-state index in [2.05, 4.69) is 7.05 Å². The van der Waals surface area contributed by atoms with Crippen LogP contribution in [-0.4, -0.2) is 19.1 Å². The molecule has 0 radical (unpaired) electrons. The molecule has 2 aliphatic rings. The minimum Gasteiger partial charge on any atom is -0.467 e. The van der Waals surface area contributed by atoms with Crippen molar-refractivity contribution >= 4 is 0 Å². The Morgan fingerprint density at radius 2 is 1.88 bits per heavy atom. The maximum absolute atomic E-state index is 5.69. The molecule has 1 aliphatic carbocycles. The van der Waals surface area contributed by atoms with Gasteiger partial charge in [0.2, 0.25) is 0 Å². The van der Waals surface area contributed by atoms with Crippen LogP contribution in [0.25, 0.3) is 0 Å². The molecular formula is C6H12N2. The molecule has 2 fully saturated rings. The molecule has 2 atom stereocenters. The average Bonchev–Trinajstić information content (AvgIpc) is 2.29. The summed E-state index contributed by atoms with van der Waals surface area (Å²) >= 11 is 0. The Labute approximate surface area is 49.7 Å². The molecule has 0 aromatic heterocycles. The van der Waals surface area contributed by atoms with E-state index in [1.54, 1.807) is 0 Å². The summed E-state index contributed by atoms with van der Waals surface area (Å²) in [5.74, 6) is 1.67. The molecule has 0 spiro atoms. The van der Waals surface area contributed by atoms with Crippen LogP contribution in [0, 0.1) is 18.9 Å². The topological polar surface area (TPSA) is 30.5 Å². The maximum Gasteiger partial charge on any atom is 0.0579 e. The monoisotopic (exact) mass is 112 g/mol. The molecule has 1 saturated carbocycles. The Kier molecular flexibility index (Phi) is 0.746. The zero-order valence-corrected chi connectivity index (χ0v) is 4.93. The van der Waals surface area contributed by atoms with Gasteiger partial charge in [-0.05, 0) is 0 Å². The van der Waals surface area contributed by atoms with Crippen molar-refractivity contribution in [2.75, 3.05) is 13.1 Å². The van der Waals surface area contributed by atoms with Crippen LogP contribution in [0.1, 0.15) is 0 Å². The molecule has 1 aliphatic heterocycles. The van der Waals surface area contributed by atoms with Crippen LogP contribution in [0.2, 0.25) is 0 Å². The first kappa shape index (κ1) is 4.77. The molecule has 3 N–H and O–H groups in total. The first-order valence-electron chi connectivity index (χ1n) is 3.21. The molecule has 0 bridgehead atoms. The average molecular weight is 112 g/mol. The van der Waals surface area contributed by atoms with Gasteiger partial charge in [-0.3, -0.25) is 0 Å². The van der Waals surface area contributed by atoms with Gasteiger partial charge in [-0.25, -0.2) is 0 Å². The smallest absolute Gasteiger partial charge is 0.0579 e. The standard InChI is InChI=1S/C6H12N2/c1-8-2-4-5(3-8)6(4)7/h4-6,8H,1-3,7H2. The lowest BCUT2D eigenvalue weighted by Crippen LogP contribution is -3.06. The minimum absolute atomic E-state index is 0.542. The summed E-state index contributed by atoms with van der Waals surface area (Å²) in [6, 6.07) is 0.542. The Bertz CT molecular complexity index is 101. The molecule has 2 rings (SSSR count). The number of likely N-dealkylation sites (tertiary alicyclic amines) is 1. The van der Waals surface area contributed by atoms with Crippen LogP contribution >= 0.6 is 0 Å². The number of fused-ring (bicyclic) bond motifs is 1. The summed E-state index contributed by atoms with van der Waals surface area (Å²) in [5.41, 5.74) is 5.69. The van der Waals surface area contributed by atoms with Gasteiger partial charge in [-0.2, -0.15) is 7.05 Å². The van der Waals surface area contributed by atoms with Gasteiger partial charge < -0.3 is 10.6 Å². The van der Waals surface area contributed by atoms with Crippen molar-refractivity contribution < 1.29 is 4.90 Å². The van der Waals surface area contributed by atoms with Crippen LogP contribution in [0.3, 0.4) is 0 Å². The van der Waals surface area contributed by atoms with Gasteiger partial charge in [0, 0.05) is 17.9 Å². The number of hydrogen-bond donors (Lipinski definition) is 2. The molecule has 8 heavy (non-hydrogen) atoms. The highest BCUT2D eigenvalue weighted by atomic mass is 15.2. The third-order valence-corrected chi connectivity index (χ3v) is 2.45. The lowest BCUT2D eigenvalue weighted by molar-refractivity contribution is -0.845. The van der Waals surface area contributed by atoms with Gasteiger partial charge in [0.25, 0.3) is 0 Å². The third kappa shape index (κ3) is 0.446. The molecular weight excluding hydrogens is 100 g/mol. The summed E-state index contributed by atoms with van der Waals surface area (Å²) in [6.07, 6.45) is 0. The van der Waals surface area contributed by atoms with Gasteiger partial charge in [0.1, 0.15) is 0 Å². The molecule has 0 amide bonds. The van der Waals surface area contributed by atoms with Crippen LogP contribution in [0.5, 0.6) is 0 Å². The summed E-state index contributed by atoms with van der Waals surface area (Å²) in [4.78, 5) is 1.42. The third-order valence-electron chi connectivity index (χ3n) is 2.45. The van der Waals surface area contributed by atoms with Gasteiger partial charge in [0.05, 0.1) is 13.1 Å². The van der Waals surface area contributed by atoms with Crippen LogP contribution in [-0.2, 0) is 0 Å². The van der Waals surface area contributed by atoms with Crippen molar-refractivity contribution in [3.8, 4) is 0 Å². The molecule has 1 heterocycles. The number of quaternary nitrogens is 1. The fourth-order valence-corrected chi connectivity index (χ4v) is 1.80. The van der Waals surface area contributed by atoms with Crippen LogP contribution in [0.15, 0.2) is 0 Å². The second-order valence-corrected chi connectivity index (χ2v) is 3.06. The summed E-state index contributed by atoms with van der Waals surface area (Å²) in [6.45, 7) is 2.43. The lowest BCUT2D eigenvalue weighted by Gasteiger charge is -2.15. The van der Waals surface area contributed by atoms with Crippen molar-refractivity contribution in [3.05, 3.63) is 7.05 Å². The second kappa shape index (κ2) is 1.25. The van der Waals surface area contributed by atoms with E-state index >= 15 is 0 Å². The Hall–Kier alpha value is -0.0800. The van der Waals surface area contributed by atoms with Gasteiger partial charge in [-0.1, -0.05) is 0 Å². The van der Waals surface area contributed by atoms with E-state index in [0.717, 1.165) is 11.8 Å². The summed E-state index contributed by atoms with van der Waals surface area (Å²) in [7, 11) is 3.91. The number of hydrogen-bond acceptors (Lipinski definition) is 1. The molecule has 2 heteroatoms. The number of nitrogens with one attached hydrogen (secondary N) is 1. The Morgan fingerprint density at radius 3 is 2.25 bits per heavy atom. The zero-order chi connectivity index (χ0) is 5.72. The largest absolute Gasteiger partial charge is 0.467 e. The first-order valence-corrected chi connectivity index (χ1v) is 3.21. The van der Waals surface area contributed by atoms with Crippen molar-refractivity contribution in [1.82, 2.24) is 0 Å². The predicted molar refractivity (Wildman–Crippen MR) is 31.0 cm³/mol. The van der Waals surface area contributed by atoms with Crippen molar-refractivity contribution in [1.29, 1.82) is 0 Å². The minimum atomic E-state index is 0.542. The number of piperidine rings is 1. The van der Waals surface area contributed by atoms with Gasteiger partial charge >= 0.3 is 0 Å². The fraction of sp³-hybridized carbons (Fsp3) is 0.833. The highest BCUT2D eigenvalue weighted by Crippen LogP contribution is 2.37. The van der Waals surface area contributed by atoms with E-state index in [0.29, 0.717) is 6.04 Å². The Balaban J connectivity index is 2.00. The highest BCUT2D eigenvalue weighted by molar-refractivity contribution is 5.02. The fourth-order valence-electron chi connectivity index (χ4n) is 1.80. The van der Waals surface area contributed by atoms with Gasteiger partial charge in [-0.15, -0.1) is 0 Å². The lowest BCUT2D eigenvalue weighted by atomic mass is 10.4. The number of nitrogens with two attached hydrogens (primary N) is 1. The van der Waals surface area contributed by atoms with Gasteiger partial charge in [0.15, 0.2) is 0 Å². The first-order chi connectivity index (χ1) is 3.79.